The number of nitrogens with zero attached hydrogens (tertiary/aromatic N) is 2. The van der Waals surface area contributed by atoms with E-state index in [1.165, 1.54) is 0 Å². The molecule has 2 aromatic rings. The van der Waals surface area contributed by atoms with Crippen molar-refractivity contribution >= 4 is 27.5 Å². The number of hydrogen-bond donors (Lipinski definition) is 1. The second kappa shape index (κ2) is 5.27. The van der Waals surface area contributed by atoms with E-state index in [4.69, 9.17) is 11.6 Å². The first-order valence-corrected chi connectivity index (χ1v) is 7.15. The normalized spacial score (nSPS) is 14.4. The van der Waals surface area contributed by atoms with Crippen molar-refractivity contribution in [3.63, 3.8) is 0 Å². The molecule has 0 aliphatic carbocycles. The molecule has 2 rings (SSSR count). The number of benzene rings is 1. The van der Waals surface area contributed by atoms with Crippen LogP contribution in [-0.2, 0) is 19.1 Å². The summed E-state index contributed by atoms with van der Waals surface area (Å²) >= 11 is 9.71. The monoisotopic (exact) mass is 342 g/mol. The summed E-state index contributed by atoms with van der Waals surface area (Å²) in [5.41, 5.74) is 1.44. The molecule has 0 aliphatic rings. The Bertz CT molecular complexity index is 607. The van der Waals surface area contributed by atoms with Crippen molar-refractivity contribution in [2.75, 3.05) is 0 Å². The molecule has 0 radical (unpaired) electrons. The fourth-order valence-electron chi connectivity index (χ4n) is 2.19. The molecule has 5 heteroatoms. The van der Waals surface area contributed by atoms with Crippen molar-refractivity contribution in [3.05, 3.63) is 50.7 Å². The fourth-order valence-corrected chi connectivity index (χ4v) is 3.13. The highest BCUT2D eigenvalue weighted by Gasteiger charge is 2.28. The second-order valence-corrected chi connectivity index (χ2v) is 6.13. The molecule has 0 spiro atoms. The van der Waals surface area contributed by atoms with Gasteiger partial charge in [0.25, 0.3) is 0 Å². The highest BCUT2D eigenvalue weighted by Crippen LogP contribution is 2.33. The van der Waals surface area contributed by atoms with Crippen molar-refractivity contribution in [2.45, 2.75) is 25.9 Å². The quantitative estimate of drug-likeness (QED) is 0.925. The molecule has 1 aromatic heterocycles. The Labute approximate surface area is 126 Å². The second-order valence-electron chi connectivity index (χ2n) is 4.90. The van der Waals surface area contributed by atoms with Gasteiger partial charge in [0, 0.05) is 17.9 Å². The molecule has 0 saturated heterocycles. The number of aromatic nitrogens is 2. The standard InChI is InChI=1S/C14H16BrClN2O/c1-9-13(16)12(18(3)17-9)8-14(2,19)10-6-4-5-7-11(10)15/h4-7,19H,8H2,1-3H3. The average molecular weight is 344 g/mol. The molecule has 102 valence electrons. The third kappa shape index (κ3) is 2.86. The van der Waals surface area contributed by atoms with Crippen LogP contribution in [0.4, 0.5) is 0 Å². The van der Waals surface area contributed by atoms with Gasteiger partial charge in [-0.1, -0.05) is 45.7 Å². The van der Waals surface area contributed by atoms with E-state index in [1.54, 1.807) is 11.6 Å². The lowest BCUT2D eigenvalue weighted by Crippen LogP contribution is -2.26. The molecule has 0 fully saturated rings. The Morgan fingerprint density at radius 3 is 2.58 bits per heavy atom. The summed E-state index contributed by atoms with van der Waals surface area (Å²) in [5, 5.41) is 15.6. The highest BCUT2D eigenvalue weighted by atomic mass is 79.9. The van der Waals surface area contributed by atoms with Crippen LogP contribution in [0.1, 0.15) is 23.9 Å². The fraction of sp³-hybridized carbons (Fsp3) is 0.357. The Balaban J connectivity index is 2.39. The number of rotatable bonds is 3. The Morgan fingerprint density at radius 1 is 1.42 bits per heavy atom. The molecule has 1 heterocycles. The predicted molar refractivity (Wildman–Crippen MR) is 80.4 cm³/mol. The number of aliphatic hydroxyl groups is 1. The molecule has 1 atom stereocenters. The van der Waals surface area contributed by atoms with Gasteiger partial charge in [0.1, 0.15) is 0 Å². The van der Waals surface area contributed by atoms with Gasteiger partial charge in [0.2, 0.25) is 0 Å². The minimum Gasteiger partial charge on any atom is -0.385 e. The van der Waals surface area contributed by atoms with Gasteiger partial charge in [-0.15, -0.1) is 0 Å². The van der Waals surface area contributed by atoms with E-state index in [0.29, 0.717) is 11.4 Å². The molecule has 0 bridgehead atoms. The maximum absolute atomic E-state index is 10.7. The smallest absolute Gasteiger partial charge is 0.0935 e. The minimum absolute atomic E-state index is 0.409. The maximum atomic E-state index is 10.7. The Morgan fingerprint density at radius 2 is 2.05 bits per heavy atom. The van der Waals surface area contributed by atoms with Gasteiger partial charge in [-0.2, -0.15) is 5.10 Å². The zero-order valence-electron chi connectivity index (χ0n) is 11.1. The molecule has 1 unspecified atom stereocenters. The molecule has 0 aliphatic heterocycles. The summed E-state index contributed by atoms with van der Waals surface area (Å²) < 4.78 is 2.61. The minimum atomic E-state index is -1.01. The van der Waals surface area contributed by atoms with Crippen LogP contribution in [0.5, 0.6) is 0 Å². The summed E-state index contributed by atoms with van der Waals surface area (Å²) in [6.07, 6.45) is 0.409. The number of halogens is 2. The first kappa shape index (κ1) is 14.6. The van der Waals surface area contributed by atoms with E-state index in [1.807, 2.05) is 38.2 Å². The molecule has 1 N–H and O–H groups in total. The van der Waals surface area contributed by atoms with Gasteiger partial charge in [-0.3, -0.25) is 4.68 Å². The average Bonchev–Trinajstić information content (AvgIpc) is 2.56. The summed E-state index contributed by atoms with van der Waals surface area (Å²) in [4.78, 5) is 0. The van der Waals surface area contributed by atoms with E-state index in [-0.39, 0.29) is 0 Å². The van der Waals surface area contributed by atoms with Crippen molar-refractivity contribution in [1.29, 1.82) is 0 Å². The van der Waals surface area contributed by atoms with Crippen molar-refractivity contribution < 1.29 is 5.11 Å². The molecule has 0 saturated carbocycles. The van der Waals surface area contributed by atoms with E-state index in [2.05, 4.69) is 21.0 Å². The maximum Gasteiger partial charge on any atom is 0.0935 e. The van der Waals surface area contributed by atoms with Gasteiger partial charge in [-0.05, 0) is 25.5 Å². The highest BCUT2D eigenvalue weighted by molar-refractivity contribution is 9.10. The SMILES string of the molecule is Cc1nn(C)c(CC(C)(O)c2ccccc2Br)c1Cl. The summed E-state index contributed by atoms with van der Waals surface area (Å²) in [6.45, 7) is 3.64. The third-order valence-electron chi connectivity index (χ3n) is 3.23. The van der Waals surface area contributed by atoms with Crippen LogP contribution in [0.15, 0.2) is 28.7 Å². The summed E-state index contributed by atoms with van der Waals surface area (Å²) in [6, 6.07) is 7.65. The molecular formula is C14H16BrClN2O. The number of aryl methyl sites for hydroxylation is 2. The largest absolute Gasteiger partial charge is 0.385 e. The first-order valence-electron chi connectivity index (χ1n) is 5.98. The van der Waals surface area contributed by atoms with Crippen LogP contribution in [0.25, 0.3) is 0 Å². The Hall–Kier alpha value is -0.840. The van der Waals surface area contributed by atoms with Crippen LogP contribution < -0.4 is 0 Å². The van der Waals surface area contributed by atoms with Crippen LogP contribution in [0.2, 0.25) is 5.02 Å². The molecule has 0 amide bonds. The zero-order valence-corrected chi connectivity index (χ0v) is 13.5. The van der Waals surface area contributed by atoms with E-state index in [9.17, 15) is 5.11 Å². The Kier molecular flexibility index (Phi) is 4.04. The van der Waals surface area contributed by atoms with Gasteiger partial charge >= 0.3 is 0 Å². The summed E-state index contributed by atoms with van der Waals surface area (Å²) in [5.74, 6) is 0. The molecule has 1 aromatic carbocycles. The van der Waals surface area contributed by atoms with Gasteiger partial charge in [-0.25, -0.2) is 0 Å². The molecule has 3 nitrogen and oxygen atoms in total. The van der Waals surface area contributed by atoms with Gasteiger partial charge < -0.3 is 5.11 Å². The number of hydrogen-bond acceptors (Lipinski definition) is 2. The predicted octanol–water partition coefficient (Wildman–Crippen LogP) is 3.59. The van der Waals surface area contributed by atoms with E-state index in [0.717, 1.165) is 21.4 Å². The summed E-state index contributed by atoms with van der Waals surface area (Å²) in [7, 11) is 1.84. The lowest BCUT2D eigenvalue weighted by molar-refractivity contribution is 0.0549. The van der Waals surface area contributed by atoms with Gasteiger partial charge in [0.05, 0.1) is 22.0 Å². The van der Waals surface area contributed by atoms with Crippen molar-refractivity contribution in [1.82, 2.24) is 9.78 Å². The lowest BCUT2D eigenvalue weighted by atomic mass is 9.91. The van der Waals surface area contributed by atoms with E-state index < -0.39 is 5.60 Å². The van der Waals surface area contributed by atoms with Crippen LogP contribution in [0.3, 0.4) is 0 Å². The van der Waals surface area contributed by atoms with E-state index >= 15 is 0 Å². The lowest BCUT2D eigenvalue weighted by Gasteiger charge is -2.25. The topological polar surface area (TPSA) is 38.0 Å². The molecule has 19 heavy (non-hydrogen) atoms. The first-order chi connectivity index (χ1) is 8.83. The van der Waals surface area contributed by atoms with Gasteiger partial charge in [0.15, 0.2) is 0 Å². The zero-order chi connectivity index (χ0) is 14.2. The van der Waals surface area contributed by atoms with Crippen molar-refractivity contribution in [2.24, 2.45) is 7.05 Å². The third-order valence-corrected chi connectivity index (χ3v) is 4.41. The van der Waals surface area contributed by atoms with Crippen LogP contribution >= 0.6 is 27.5 Å². The van der Waals surface area contributed by atoms with Crippen LogP contribution in [-0.4, -0.2) is 14.9 Å². The van der Waals surface area contributed by atoms with Crippen molar-refractivity contribution in [3.8, 4) is 0 Å². The molecular weight excluding hydrogens is 328 g/mol. The van der Waals surface area contributed by atoms with Crippen LogP contribution in [0, 0.1) is 6.92 Å².